The monoisotopic (exact) mass is 213 g/mol. The van der Waals surface area contributed by atoms with Gasteiger partial charge in [-0.3, -0.25) is 4.68 Å². The van der Waals surface area contributed by atoms with Gasteiger partial charge in [-0.25, -0.2) is 0 Å². The molecule has 1 heterocycles. The molecule has 0 aliphatic rings. The van der Waals surface area contributed by atoms with Crippen molar-refractivity contribution >= 4 is 11.8 Å². The average molecular weight is 213 g/mol. The fraction of sp³-hybridized carbons (Fsp3) is 0.700. The summed E-state index contributed by atoms with van der Waals surface area (Å²) in [6, 6.07) is 0. The van der Waals surface area contributed by atoms with Gasteiger partial charge in [0.1, 0.15) is 0 Å². The Morgan fingerprint density at radius 1 is 1.64 bits per heavy atom. The molecule has 80 valence electrons. The van der Waals surface area contributed by atoms with Gasteiger partial charge in [0.25, 0.3) is 0 Å². The number of rotatable bonds is 6. The Bertz CT molecular complexity index is 260. The maximum atomic E-state index is 4.14. The molecule has 0 bridgehead atoms. The molecular formula is C10H19N3S. The minimum Gasteiger partial charge on any atom is -0.316 e. The van der Waals surface area contributed by atoms with E-state index in [1.807, 2.05) is 29.7 Å². The lowest BCUT2D eigenvalue weighted by Crippen LogP contribution is -2.23. The van der Waals surface area contributed by atoms with Gasteiger partial charge in [0.05, 0.1) is 6.20 Å². The Labute approximate surface area is 90.3 Å². The van der Waals surface area contributed by atoms with Crippen LogP contribution in [0.1, 0.15) is 20.3 Å². The van der Waals surface area contributed by atoms with Gasteiger partial charge in [0.2, 0.25) is 0 Å². The van der Waals surface area contributed by atoms with E-state index in [9.17, 15) is 0 Å². The van der Waals surface area contributed by atoms with Crippen LogP contribution < -0.4 is 5.32 Å². The third-order valence-electron chi connectivity index (χ3n) is 1.88. The maximum Gasteiger partial charge on any atom is 0.0625 e. The highest BCUT2D eigenvalue weighted by atomic mass is 32.2. The summed E-state index contributed by atoms with van der Waals surface area (Å²) >= 11 is 1.87. The molecule has 1 aromatic rings. The zero-order valence-electron chi connectivity index (χ0n) is 9.16. The molecule has 0 aromatic carbocycles. The van der Waals surface area contributed by atoms with Crippen molar-refractivity contribution in [3.8, 4) is 0 Å². The second kappa shape index (κ2) is 6.09. The van der Waals surface area contributed by atoms with Crippen molar-refractivity contribution in [1.29, 1.82) is 0 Å². The zero-order valence-corrected chi connectivity index (χ0v) is 9.97. The lowest BCUT2D eigenvalue weighted by Gasteiger charge is -2.10. The molecule has 0 spiro atoms. The first-order valence-electron chi connectivity index (χ1n) is 5.08. The lowest BCUT2D eigenvalue weighted by molar-refractivity contribution is 0.669. The molecule has 1 unspecified atom stereocenters. The predicted octanol–water partition coefficient (Wildman–Crippen LogP) is 1.90. The molecule has 0 fully saturated rings. The molecule has 4 heteroatoms. The fourth-order valence-electron chi connectivity index (χ4n) is 1.22. The molecule has 1 aromatic heterocycles. The molecule has 1 rings (SSSR count). The van der Waals surface area contributed by atoms with Crippen LogP contribution in [0.5, 0.6) is 0 Å². The Morgan fingerprint density at radius 3 is 3.00 bits per heavy atom. The molecule has 1 N–H and O–H groups in total. The zero-order chi connectivity index (χ0) is 10.4. The van der Waals surface area contributed by atoms with Crippen LogP contribution in [0.2, 0.25) is 0 Å². The Balaban J connectivity index is 2.23. The van der Waals surface area contributed by atoms with Gasteiger partial charge in [0.15, 0.2) is 0 Å². The molecule has 0 aliphatic carbocycles. The molecule has 14 heavy (non-hydrogen) atoms. The van der Waals surface area contributed by atoms with Crippen molar-refractivity contribution in [2.45, 2.75) is 30.4 Å². The maximum absolute atomic E-state index is 4.14. The Hall–Kier alpha value is -0.480. The van der Waals surface area contributed by atoms with E-state index in [1.165, 1.54) is 11.3 Å². The van der Waals surface area contributed by atoms with Crippen LogP contribution in [0.25, 0.3) is 0 Å². The van der Waals surface area contributed by atoms with Crippen LogP contribution in [0.3, 0.4) is 0 Å². The van der Waals surface area contributed by atoms with Crippen molar-refractivity contribution in [1.82, 2.24) is 15.1 Å². The molecule has 0 saturated carbocycles. The summed E-state index contributed by atoms with van der Waals surface area (Å²) in [5.74, 6) is 0. The normalized spacial score (nSPS) is 13.1. The van der Waals surface area contributed by atoms with E-state index in [-0.39, 0.29) is 0 Å². The first-order valence-corrected chi connectivity index (χ1v) is 5.96. The minimum absolute atomic E-state index is 0.603. The summed E-state index contributed by atoms with van der Waals surface area (Å²) in [6.07, 6.45) is 5.17. The van der Waals surface area contributed by atoms with E-state index >= 15 is 0 Å². The van der Waals surface area contributed by atoms with Crippen LogP contribution in [-0.4, -0.2) is 28.1 Å². The van der Waals surface area contributed by atoms with Crippen LogP contribution in [-0.2, 0) is 7.05 Å². The molecule has 0 radical (unpaired) electrons. The minimum atomic E-state index is 0.603. The summed E-state index contributed by atoms with van der Waals surface area (Å²) in [5.41, 5.74) is 0. The van der Waals surface area contributed by atoms with E-state index in [2.05, 4.69) is 30.5 Å². The molecule has 0 aliphatic heterocycles. The number of aromatic nitrogens is 2. The molecule has 3 nitrogen and oxygen atoms in total. The van der Waals surface area contributed by atoms with Crippen LogP contribution >= 0.6 is 11.8 Å². The van der Waals surface area contributed by atoms with E-state index < -0.39 is 0 Å². The fourth-order valence-corrected chi connectivity index (χ4v) is 2.20. The van der Waals surface area contributed by atoms with Gasteiger partial charge in [-0.1, -0.05) is 13.8 Å². The van der Waals surface area contributed by atoms with Crippen molar-refractivity contribution in [3.63, 3.8) is 0 Å². The number of nitrogens with zero attached hydrogens (tertiary/aromatic N) is 2. The molecule has 0 saturated heterocycles. The summed E-state index contributed by atoms with van der Waals surface area (Å²) in [4.78, 5) is 1.25. The smallest absolute Gasteiger partial charge is 0.0625 e. The van der Waals surface area contributed by atoms with E-state index in [4.69, 9.17) is 0 Å². The molecule has 0 amide bonds. The largest absolute Gasteiger partial charge is 0.316 e. The van der Waals surface area contributed by atoms with Crippen LogP contribution in [0, 0.1) is 0 Å². The van der Waals surface area contributed by atoms with Crippen molar-refractivity contribution in [3.05, 3.63) is 12.4 Å². The predicted molar refractivity (Wildman–Crippen MR) is 61.7 cm³/mol. The number of nitrogens with one attached hydrogen (secondary N) is 1. The highest BCUT2D eigenvalue weighted by Crippen LogP contribution is 2.21. The number of hydrogen-bond donors (Lipinski definition) is 1. The number of hydrogen-bond acceptors (Lipinski definition) is 3. The lowest BCUT2D eigenvalue weighted by atomic mass is 10.4. The van der Waals surface area contributed by atoms with Crippen molar-refractivity contribution in [2.75, 3.05) is 13.1 Å². The van der Waals surface area contributed by atoms with Gasteiger partial charge in [-0.05, 0) is 13.0 Å². The standard InChI is InChI=1S/C10H19N3S/c1-4-5-11-6-9(2)14-10-7-12-13(3)8-10/h7-9,11H,4-6H2,1-3H3. The van der Waals surface area contributed by atoms with E-state index in [0.29, 0.717) is 5.25 Å². The number of aryl methyl sites for hydroxylation is 1. The van der Waals surface area contributed by atoms with E-state index in [0.717, 1.165) is 13.1 Å². The van der Waals surface area contributed by atoms with Crippen molar-refractivity contribution in [2.24, 2.45) is 7.05 Å². The first kappa shape index (κ1) is 11.6. The topological polar surface area (TPSA) is 29.9 Å². The summed E-state index contributed by atoms with van der Waals surface area (Å²) in [6.45, 7) is 6.59. The quantitative estimate of drug-likeness (QED) is 0.578. The summed E-state index contributed by atoms with van der Waals surface area (Å²) in [5, 5.41) is 8.16. The summed E-state index contributed by atoms with van der Waals surface area (Å²) in [7, 11) is 1.95. The second-order valence-corrected chi connectivity index (χ2v) is 4.99. The van der Waals surface area contributed by atoms with Crippen LogP contribution in [0.4, 0.5) is 0 Å². The van der Waals surface area contributed by atoms with Gasteiger partial charge in [-0.15, -0.1) is 11.8 Å². The molecule has 1 atom stereocenters. The van der Waals surface area contributed by atoms with Gasteiger partial charge < -0.3 is 5.32 Å². The van der Waals surface area contributed by atoms with Crippen molar-refractivity contribution < 1.29 is 0 Å². The van der Waals surface area contributed by atoms with Gasteiger partial charge >= 0.3 is 0 Å². The Kier molecular flexibility index (Phi) is 5.04. The van der Waals surface area contributed by atoms with Gasteiger partial charge in [0, 0.05) is 29.9 Å². The number of thioether (sulfide) groups is 1. The second-order valence-electron chi connectivity index (χ2n) is 3.48. The summed E-state index contributed by atoms with van der Waals surface area (Å²) < 4.78 is 1.84. The third kappa shape index (κ3) is 4.15. The van der Waals surface area contributed by atoms with Gasteiger partial charge in [-0.2, -0.15) is 5.10 Å². The Morgan fingerprint density at radius 2 is 2.43 bits per heavy atom. The first-order chi connectivity index (χ1) is 6.72. The average Bonchev–Trinajstić information content (AvgIpc) is 2.52. The third-order valence-corrected chi connectivity index (χ3v) is 2.93. The van der Waals surface area contributed by atoms with Crippen LogP contribution in [0.15, 0.2) is 17.3 Å². The highest BCUT2D eigenvalue weighted by Gasteiger charge is 2.04. The molecular weight excluding hydrogens is 194 g/mol. The highest BCUT2D eigenvalue weighted by molar-refractivity contribution is 8.00. The SMILES string of the molecule is CCCNCC(C)Sc1cnn(C)c1. The van der Waals surface area contributed by atoms with E-state index in [1.54, 1.807) is 0 Å².